The van der Waals surface area contributed by atoms with Crippen molar-refractivity contribution < 1.29 is 8.42 Å². The van der Waals surface area contributed by atoms with Crippen molar-refractivity contribution in [2.45, 2.75) is 37.9 Å². The lowest BCUT2D eigenvalue weighted by Crippen LogP contribution is -2.25. The molecule has 0 bridgehead atoms. The second kappa shape index (κ2) is 5.65. The van der Waals surface area contributed by atoms with Crippen molar-refractivity contribution in [3.8, 4) is 0 Å². The fourth-order valence-corrected chi connectivity index (χ4v) is 3.96. The van der Waals surface area contributed by atoms with Crippen LogP contribution < -0.4 is 5.32 Å². The summed E-state index contributed by atoms with van der Waals surface area (Å²) in [5.74, 6) is 1.04. The van der Waals surface area contributed by atoms with Crippen molar-refractivity contribution in [3.05, 3.63) is 18.1 Å². The Hall–Kier alpha value is -1.17. The monoisotopic (exact) mass is 269 g/mol. The summed E-state index contributed by atoms with van der Waals surface area (Å²) >= 11 is 0. The highest BCUT2D eigenvalue weighted by molar-refractivity contribution is 7.92. The van der Waals surface area contributed by atoms with E-state index in [1.54, 1.807) is 0 Å². The first-order valence-electron chi connectivity index (χ1n) is 6.38. The van der Waals surface area contributed by atoms with Crippen LogP contribution in [0.2, 0.25) is 0 Å². The maximum Gasteiger partial charge on any atom is 0.154 e. The minimum Gasteiger partial charge on any atom is -0.369 e. The highest BCUT2D eigenvalue weighted by Gasteiger charge is 2.30. The molecule has 1 aliphatic rings. The zero-order valence-electron chi connectivity index (χ0n) is 10.6. The van der Waals surface area contributed by atoms with Crippen molar-refractivity contribution in [1.82, 2.24) is 9.97 Å². The van der Waals surface area contributed by atoms with Gasteiger partial charge in [0, 0.05) is 18.3 Å². The van der Waals surface area contributed by atoms with Gasteiger partial charge in [0.15, 0.2) is 9.84 Å². The summed E-state index contributed by atoms with van der Waals surface area (Å²) < 4.78 is 23.4. The summed E-state index contributed by atoms with van der Waals surface area (Å²) in [6.45, 7) is 2.55. The Balaban J connectivity index is 1.96. The normalized spacial score (nSPS) is 21.9. The van der Waals surface area contributed by atoms with Gasteiger partial charge in [-0.2, -0.15) is 0 Å². The summed E-state index contributed by atoms with van der Waals surface area (Å²) in [6, 6.07) is 1.89. The van der Waals surface area contributed by atoms with E-state index >= 15 is 0 Å². The molecule has 1 aliphatic heterocycles. The lowest BCUT2D eigenvalue weighted by Gasteiger charge is -2.11. The summed E-state index contributed by atoms with van der Waals surface area (Å²) in [5, 5.41) is 2.85. The molecule has 1 atom stereocenters. The molecule has 1 fully saturated rings. The molecule has 1 N–H and O–H groups in total. The zero-order valence-corrected chi connectivity index (χ0v) is 11.4. The Morgan fingerprint density at radius 2 is 2.28 bits per heavy atom. The van der Waals surface area contributed by atoms with Gasteiger partial charge in [-0.1, -0.05) is 13.3 Å². The molecule has 100 valence electrons. The molecule has 0 saturated carbocycles. The van der Waals surface area contributed by atoms with E-state index in [2.05, 4.69) is 22.2 Å². The standard InChI is InChI=1S/C12H19N3O2S/c1-2-4-10-7-12(15-9-14-10)13-8-11-5-3-6-18(11,16)17/h7,9,11H,2-6,8H2,1H3,(H,13,14,15). The Labute approximate surface area is 108 Å². The summed E-state index contributed by atoms with van der Waals surface area (Å²) in [5.41, 5.74) is 0.990. The van der Waals surface area contributed by atoms with Gasteiger partial charge in [0.05, 0.1) is 11.0 Å². The van der Waals surface area contributed by atoms with Crippen LogP contribution in [0.4, 0.5) is 5.82 Å². The molecule has 0 aliphatic carbocycles. The van der Waals surface area contributed by atoms with Crippen LogP contribution in [0.3, 0.4) is 0 Å². The molecule has 1 aromatic rings. The average Bonchev–Trinajstić information content (AvgIpc) is 2.67. The second-order valence-electron chi connectivity index (χ2n) is 4.66. The van der Waals surface area contributed by atoms with Gasteiger partial charge >= 0.3 is 0 Å². The van der Waals surface area contributed by atoms with Gasteiger partial charge in [-0.3, -0.25) is 0 Å². The predicted octanol–water partition coefficient (Wildman–Crippen LogP) is 1.42. The molecule has 0 radical (unpaired) electrons. The molecule has 0 spiro atoms. The van der Waals surface area contributed by atoms with E-state index in [9.17, 15) is 8.42 Å². The number of hydrogen-bond donors (Lipinski definition) is 1. The maximum atomic E-state index is 11.7. The number of anilines is 1. The molecule has 6 heteroatoms. The van der Waals surface area contributed by atoms with E-state index in [0.29, 0.717) is 12.3 Å². The van der Waals surface area contributed by atoms with Crippen molar-refractivity contribution in [2.24, 2.45) is 0 Å². The smallest absolute Gasteiger partial charge is 0.154 e. The molecule has 1 aromatic heterocycles. The molecule has 2 heterocycles. The van der Waals surface area contributed by atoms with Crippen LogP contribution in [-0.4, -0.2) is 35.9 Å². The average molecular weight is 269 g/mol. The van der Waals surface area contributed by atoms with Gasteiger partial charge < -0.3 is 5.32 Å². The number of sulfone groups is 1. The molecular formula is C12H19N3O2S. The van der Waals surface area contributed by atoms with Crippen molar-refractivity contribution in [1.29, 1.82) is 0 Å². The van der Waals surface area contributed by atoms with Crippen molar-refractivity contribution in [3.63, 3.8) is 0 Å². The Morgan fingerprint density at radius 3 is 2.94 bits per heavy atom. The Bertz CT molecular complexity index is 502. The van der Waals surface area contributed by atoms with Gasteiger partial charge in [0.1, 0.15) is 12.1 Å². The van der Waals surface area contributed by atoms with E-state index in [-0.39, 0.29) is 5.25 Å². The maximum absolute atomic E-state index is 11.7. The largest absolute Gasteiger partial charge is 0.369 e. The molecular weight excluding hydrogens is 250 g/mol. The first kappa shape index (κ1) is 13.3. The fraction of sp³-hybridized carbons (Fsp3) is 0.667. The highest BCUT2D eigenvalue weighted by atomic mass is 32.2. The van der Waals surface area contributed by atoms with Gasteiger partial charge in [0.25, 0.3) is 0 Å². The lowest BCUT2D eigenvalue weighted by atomic mass is 10.2. The van der Waals surface area contributed by atoms with Crippen LogP contribution in [0.15, 0.2) is 12.4 Å². The third-order valence-electron chi connectivity index (χ3n) is 3.20. The minimum absolute atomic E-state index is 0.262. The van der Waals surface area contributed by atoms with Gasteiger partial charge in [0.2, 0.25) is 0 Å². The van der Waals surface area contributed by atoms with Crippen LogP contribution in [-0.2, 0) is 16.3 Å². The molecule has 0 aromatic carbocycles. The lowest BCUT2D eigenvalue weighted by molar-refractivity contribution is 0.591. The second-order valence-corrected chi connectivity index (χ2v) is 7.06. The number of nitrogens with zero attached hydrogens (tertiary/aromatic N) is 2. The predicted molar refractivity (Wildman–Crippen MR) is 71.3 cm³/mol. The van der Waals surface area contributed by atoms with Gasteiger partial charge in [-0.05, 0) is 19.3 Å². The first-order valence-corrected chi connectivity index (χ1v) is 8.09. The number of nitrogens with one attached hydrogen (secondary N) is 1. The summed E-state index contributed by atoms with van der Waals surface area (Å²) in [6.07, 6.45) is 5.00. The van der Waals surface area contributed by atoms with Crippen molar-refractivity contribution >= 4 is 15.7 Å². The van der Waals surface area contributed by atoms with Crippen LogP contribution in [0.1, 0.15) is 31.9 Å². The van der Waals surface area contributed by atoms with E-state index in [0.717, 1.165) is 37.2 Å². The SMILES string of the molecule is CCCc1cc(NCC2CCCS2(=O)=O)ncn1. The number of hydrogen-bond acceptors (Lipinski definition) is 5. The molecule has 1 unspecified atom stereocenters. The third kappa shape index (κ3) is 3.19. The van der Waals surface area contributed by atoms with E-state index in [4.69, 9.17) is 0 Å². The minimum atomic E-state index is -2.88. The summed E-state index contributed by atoms with van der Waals surface area (Å²) in [4.78, 5) is 8.28. The number of aryl methyl sites for hydroxylation is 1. The summed E-state index contributed by atoms with van der Waals surface area (Å²) in [7, 11) is -2.88. The molecule has 1 saturated heterocycles. The topological polar surface area (TPSA) is 72.0 Å². The van der Waals surface area contributed by atoms with Crippen LogP contribution >= 0.6 is 0 Å². The molecule has 0 amide bonds. The van der Waals surface area contributed by atoms with Gasteiger partial charge in [-0.25, -0.2) is 18.4 Å². The Kier molecular flexibility index (Phi) is 4.16. The molecule has 2 rings (SSSR count). The van der Waals surface area contributed by atoms with Crippen LogP contribution in [0.25, 0.3) is 0 Å². The quantitative estimate of drug-likeness (QED) is 0.875. The number of rotatable bonds is 5. The van der Waals surface area contributed by atoms with Crippen LogP contribution in [0.5, 0.6) is 0 Å². The van der Waals surface area contributed by atoms with E-state index in [1.807, 2.05) is 6.07 Å². The van der Waals surface area contributed by atoms with Crippen LogP contribution in [0, 0.1) is 0 Å². The van der Waals surface area contributed by atoms with Crippen molar-refractivity contribution in [2.75, 3.05) is 17.6 Å². The molecule has 18 heavy (non-hydrogen) atoms. The highest BCUT2D eigenvalue weighted by Crippen LogP contribution is 2.20. The van der Waals surface area contributed by atoms with E-state index < -0.39 is 9.84 Å². The fourth-order valence-electron chi connectivity index (χ4n) is 2.19. The number of aromatic nitrogens is 2. The first-order chi connectivity index (χ1) is 8.62. The van der Waals surface area contributed by atoms with Gasteiger partial charge in [-0.15, -0.1) is 0 Å². The van der Waals surface area contributed by atoms with E-state index in [1.165, 1.54) is 6.33 Å². The zero-order chi connectivity index (χ0) is 13.0. The third-order valence-corrected chi connectivity index (χ3v) is 5.48. The Morgan fingerprint density at radius 1 is 1.44 bits per heavy atom. The molecule has 5 nitrogen and oxygen atoms in total.